The van der Waals surface area contributed by atoms with Crippen LogP contribution in [0.25, 0.3) is 0 Å². The van der Waals surface area contributed by atoms with Gasteiger partial charge in [-0.05, 0) is 32.0 Å². The van der Waals surface area contributed by atoms with Crippen molar-refractivity contribution in [1.82, 2.24) is 0 Å². The Morgan fingerprint density at radius 1 is 1.03 bits per heavy atom. The molecule has 0 radical (unpaired) electrons. The van der Waals surface area contributed by atoms with Gasteiger partial charge in [-0.25, -0.2) is 9.79 Å². The molecule has 0 saturated heterocycles. The Hall–Kier alpha value is -3.94. The molecule has 0 spiro atoms. The molecule has 0 fully saturated rings. The lowest BCUT2D eigenvalue weighted by Crippen LogP contribution is -2.18. The maximum absolute atomic E-state index is 12.8. The monoisotopic (exact) mass is 422 g/mol. The summed E-state index contributed by atoms with van der Waals surface area (Å²) >= 11 is 0. The van der Waals surface area contributed by atoms with Crippen molar-refractivity contribution in [3.63, 3.8) is 0 Å². The maximum Gasteiger partial charge on any atom is 0.343 e. The van der Waals surface area contributed by atoms with Gasteiger partial charge in [0.15, 0.2) is 17.3 Å². The predicted octanol–water partition coefficient (Wildman–Crippen LogP) is 3.49. The molecule has 0 atom stereocenters. The molecule has 0 unspecified atom stereocenters. The Morgan fingerprint density at radius 2 is 1.71 bits per heavy atom. The van der Waals surface area contributed by atoms with Gasteiger partial charge in [-0.3, -0.25) is 4.79 Å². The SMILES string of the molecule is CCOC(=O)/C(C1=NC(=NC(=O)c2ccc(OC)c(OC)c2)c2ccccc21)=C(\C)O. The summed E-state index contributed by atoms with van der Waals surface area (Å²) in [6, 6.07) is 11.7. The highest BCUT2D eigenvalue weighted by molar-refractivity contribution is 6.36. The Labute approximate surface area is 179 Å². The average molecular weight is 422 g/mol. The predicted molar refractivity (Wildman–Crippen MR) is 115 cm³/mol. The molecule has 0 bridgehead atoms. The Bertz CT molecular complexity index is 1130. The standard InChI is InChI=1S/C23H22N2O6/c1-5-31-23(28)19(13(2)26)20-15-8-6-7-9-16(15)21(24-20)25-22(27)14-10-11-17(29-3)18(12-14)30-4/h6-12,26H,5H2,1-4H3/b19-13+,25-21?. The van der Waals surface area contributed by atoms with E-state index in [-0.39, 0.29) is 35.0 Å². The number of aliphatic imine (C=N–C) groups is 2. The smallest absolute Gasteiger partial charge is 0.343 e. The Morgan fingerprint density at radius 3 is 2.32 bits per heavy atom. The van der Waals surface area contributed by atoms with Crippen LogP contribution in [0, 0.1) is 0 Å². The number of benzene rings is 2. The van der Waals surface area contributed by atoms with E-state index in [2.05, 4.69) is 9.98 Å². The van der Waals surface area contributed by atoms with Crippen molar-refractivity contribution in [3.05, 3.63) is 70.5 Å². The number of methoxy groups -OCH3 is 2. The third-order valence-electron chi connectivity index (χ3n) is 4.56. The average Bonchev–Trinajstić information content (AvgIpc) is 3.11. The zero-order chi connectivity index (χ0) is 22.5. The lowest BCUT2D eigenvalue weighted by molar-refractivity contribution is -0.138. The number of allylic oxidation sites excluding steroid dienone is 1. The summed E-state index contributed by atoms with van der Waals surface area (Å²) < 4.78 is 15.5. The van der Waals surface area contributed by atoms with E-state index in [1.807, 2.05) is 0 Å². The van der Waals surface area contributed by atoms with Crippen LogP contribution in [0.1, 0.15) is 35.3 Å². The molecule has 8 nitrogen and oxygen atoms in total. The number of aliphatic hydroxyl groups excluding tert-OH is 1. The van der Waals surface area contributed by atoms with Crippen molar-refractivity contribution in [1.29, 1.82) is 0 Å². The minimum Gasteiger partial charge on any atom is -0.512 e. The van der Waals surface area contributed by atoms with Crippen LogP contribution in [0.15, 0.2) is 63.8 Å². The number of fused-ring (bicyclic) bond motifs is 1. The summed E-state index contributed by atoms with van der Waals surface area (Å²) in [5, 5.41) is 10.1. The summed E-state index contributed by atoms with van der Waals surface area (Å²) in [7, 11) is 2.98. The highest BCUT2D eigenvalue weighted by atomic mass is 16.5. The van der Waals surface area contributed by atoms with Gasteiger partial charge in [0, 0.05) is 16.7 Å². The van der Waals surface area contributed by atoms with Crippen molar-refractivity contribution < 1.29 is 28.9 Å². The molecule has 0 saturated carbocycles. The van der Waals surface area contributed by atoms with Gasteiger partial charge in [0.05, 0.1) is 26.5 Å². The summed E-state index contributed by atoms with van der Waals surface area (Å²) in [5.74, 6) is -0.469. The van der Waals surface area contributed by atoms with Gasteiger partial charge in [0.25, 0.3) is 5.91 Å². The van der Waals surface area contributed by atoms with Crippen LogP contribution in [-0.4, -0.2) is 49.4 Å². The molecule has 8 heteroatoms. The number of rotatable bonds is 6. The van der Waals surface area contributed by atoms with E-state index in [0.29, 0.717) is 22.6 Å². The fourth-order valence-corrected chi connectivity index (χ4v) is 3.14. The van der Waals surface area contributed by atoms with E-state index in [9.17, 15) is 14.7 Å². The number of nitrogens with zero attached hydrogens (tertiary/aromatic N) is 2. The molecule has 3 rings (SSSR count). The summed E-state index contributed by atoms with van der Waals surface area (Å²) in [4.78, 5) is 33.8. The van der Waals surface area contributed by atoms with E-state index >= 15 is 0 Å². The second kappa shape index (κ2) is 9.25. The molecule has 1 aliphatic heterocycles. The van der Waals surface area contributed by atoms with Crippen LogP contribution >= 0.6 is 0 Å². The van der Waals surface area contributed by atoms with Crippen LogP contribution < -0.4 is 9.47 Å². The number of esters is 1. The maximum atomic E-state index is 12.8. The molecule has 2 aromatic rings. The summed E-state index contributed by atoms with van der Waals surface area (Å²) in [5.41, 5.74) is 1.55. The number of amidine groups is 1. The van der Waals surface area contributed by atoms with E-state index in [0.717, 1.165) is 0 Å². The first kappa shape index (κ1) is 21.8. The zero-order valence-corrected chi connectivity index (χ0v) is 17.6. The zero-order valence-electron chi connectivity index (χ0n) is 17.6. The van der Waals surface area contributed by atoms with Crippen molar-refractivity contribution >= 4 is 23.4 Å². The van der Waals surface area contributed by atoms with Gasteiger partial charge in [-0.15, -0.1) is 0 Å². The van der Waals surface area contributed by atoms with Gasteiger partial charge in [-0.2, -0.15) is 4.99 Å². The van der Waals surface area contributed by atoms with Gasteiger partial charge < -0.3 is 19.3 Å². The van der Waals surface area contributed by atoms with Crippen LogP contribution in [-0.2, 0) is 9.53 Å². The quantitative estimate of drug-likeness (QED) is 0.434. The molecule has 0 aliphatic carbocycles. The van der Waals surface area contributed by atoms with Gasteiger partial charge in [0.2, 0.25) is 0 Å². The fourth-order valence-electron chi connectivity index (χ4n) is 3.14. The first-order valence-corrected chi connectivity index (χ1v) is 9.52. The molecule has 1 heterocycles. The molecule has 1 amide bonds. The molecule has 31 heavy (non-hydrogen) atoms. The fraction of sp³-hybridized carbons (Fsp3) is 0.217. The Kier molecular flexibility index (Phi) is 6.49. The second-order valence-corrected chi connectivity index (χ2v) is 6.50. The molecule has 1 N–H and O–H groups in total. The normalized spacial score (nSPS) is 14.5. The van der Waals surface area contributed by atoms with Crippen molar-refractivity contribution in [2.45, 2.75) is 13.8 Å². The van der Waals surface area contributed by atoms with Gasteiger partial charge in [-0.1, -0.05) is 24.3 Å². The largest absolute Gasteiger partial charge is 0.512 e. The molecule has 2 aromatic carbocycles. The number of hydrogen-bond acceptors (Lipinski definition) is 6. The van der Waals surface area contributed by atoms with Crippen LogP contribution in [0.5, 0.6) is 11.5 Å². The molecule has 0 aromatic heterocycles. The third kappa shape index (κ3) is 4.32. The lowest BCUT2D eigenvalue weighted by Gasteiger charge is -2.08. The number of hydrogen-bond donors (Lipinski definition) is 1. The molecule has 1 aliphatic rings. The summed E-state index contributed by atoms with van der Waals surface area (Å²) in [6.45, 7) is 3.19. The number of amides is 1. The van der Waals surface area contributed by atoms with Crippen LogP contribution in [0.2, 0.25) is 0 Å². The molecular weight excluding hydrogens is 400 g/mol. The van der Waals surface area contributed by atoms with Crippen LogP contribution in [0.3, 0.4) is 0 Å². The highest BCUT2D eigenvalue weighted by Gasteiger charge is 2.30. The first-order chi connectivity index (χ1) is 14.9. The van der Waals surface area contributed by atoms with Crippen molar-refractivity contribution in [2.75, 3.05) is 20.8 Å². The second-order valence-electron chi connectivity index (χ2n) is 6.50. The number of carbonyl (C=O) groups is 2. The molecule has 160 valence electrons. The number of ether oxygens (including phenoxy) is 3. The van der Waals surface area contributed by atoms with Crippen LogP contribution in [0.4, 0.5) is 0 Å². The number of aliphatic hydroxyl groups is 1. The summed E-state index contributed by atoms with van der Waals surface area (Å²) in [6.07, 6.45) is 0. The first-order valence-electron chi connectivity index (χ1n) is 9.52. The van der Waals surface area contributed by atoms with Crippen molar-refractivity contribution in [2.24, 2.45) is 9.98 Å². The Balaban J connectivity index is 2.07. The number of carbonyl (C=O) groups excluding carboxylic acids is 2. The topological polar surface area (TPSA) is 107 Å². The third-order valence-corrected chi connectivity index (χ3v) is 4.56. The van der Waals surface area contributed by atoms with Gasteiger partial charge >= 0.3 is 5.97 Å². The lowest BCUT2D eigenvalue weighted by atomic mass is 9.99. The van der Waals surface area contributed by atoms with E-state index in [4.69, 9.17) is 14.2 Å². The highest BCUT2D eigenvalue weighted by Crippen LogP contribution is 2.29. The van der Waals surface area contributed by atoms with E-state index in [1.165, 1.54) is 27.2 Å². The minimum atomic E-state index is -0.705. The minimum absolute atomic E-state index is 0.0712. The van der Waals surface area contributed by atoms with E-state index < -0.39 is 11.9 Å². The van der Waals surface area contributed by atoms with Gasteiger partial charge in [0.1, 0.15) is 11.3 Å². The molecular formula is C23H22N2O6. The van der Waals surface area contributed by atoms with Crippen molar-refractivity contribution in [3.8, 4) is 11.5 Å². The van der Waals surface area contributed by atoms with E-state index in [1.54, 1.807) is 43.3 Å².